The summed E-state index contributed by atoms with van der Waals surface area (Å²) in [6, 6.07) is 0. The highest BCUT2D eigenvalue weighted by Crippen LogP contribution is 2.10. The number of hydrogen-bond acceptors (Lipinski definition) is 1. The van der Waals surface area contributed by atoms with Crippen molar-refractivity contribution in [2.45, 2.75) is 58.3 Å². The second-order valence-electron chi connectivity index (χ2n) is 4.90. The van der Waals surface area contributed by atoms with Gasteiger partial charge in [0.15, 0.2) is 0 Å². The van der Waals surface area contributed by atoms with E-state index in [9.17, 15) is 0 Å². The first-order chi connectivity index (χ1) is 8.16. The van der Waals surface area contributed by atoms with E-state index in [1.807, 2.05) is 0 Å². The Kier molecular flexibility index (Phi) is 12.0. The van der Waals surface area contributed by atoms with Gasteiger partial charge in [0, 0.05) is 12.2 Å². The van der Waals surface area contributed by atoms with Crippen molar-refractivity contribution in [3.63, 3.8) is 0 Å². The van der Waals surface area contributed by atoms with Crippen molar-refractivity contribution in [2.75, 3.05) is 12.7 Å². The van der Waals surface area contributed by atoms with E-state index in [-0.39, 0.29) is 0 Å². The molecule has 0 spiro atoms. The molecule has 0 saturated carbocycles. The molecule has 0 rings (SSSR count). The van der Waals surface area contributed by atoms with Crippen LogP contribution in [0, 0.1) is 0 Å². The Labute approximate surface area is 110 Å². The Bertz CT molecular complexity index is 211. The van der Waals surface area contributed by atoms with Crippen LogP contribution in [-0.4, -0.2) is 12.7 Å². The third kappa shape index (κ3) is 13.6. The van der Waals surface area contributed by atoms with Gasteiger partial charge in [-0.15, -0.1) is 15.8 Å². The fourth-order valence-electron chi connectivity index (χ4n) is 1.74. The first-order valence-corrected chi connectivity index (χ1v) is 7.74. The Hall–Kier alpha value is -0.290. The van der Waals surface area contributed by atoms with Crippen LogP contribution in [0.3, 0.4) is 0 Å². The van der Waals surface area contributed by atoms with Crippen LogP contribution in [0.2, 0.25) is 0 Å². The highest BCUT2D eigenvalue weighted by Gasteiger charge is 1.95. The van der Waals surface area contributed by atoms with Crippen molar-refractivity contribution in [3.8, 4) is 0 Å². The average Bonchev–Trinajstić information content (AvgIpc) is 2.29. The van der Waals surface area contributed by atoms with Gasteiger partial charge in [0.1, 0.15) is 0 Å². The van der Waals surface area contributed by atoms with Crippen molar-refractivity contribution >= 4 is 9.24 Å². The lowest BCUT2D eigenvalue weighted by atomic mass is 10.1. The second kappa shape index (κ2) is 12.2. The third-order valence-electron chi connectivity index (χ3n) is 2.84. The molecule has 0 bridgehead atoms. The summed E-state index contributed by atoms with van der Waals surface area (Å²) in [6.45, 7) is 11.2. The quantitative estimate of drug-likeness (QED) is 0.304. The Morgan fingerprint density at radius 3 is 2.18 bits per heavy atom. The van der Waals surface area contributed by atoms with Gasteiger partial charge in [-0.25, -0.2) is 0 Å². The molecule has 0 radical (unpaired) electrons. The Morgan fingerprint density at radius 2 is 1.59 bits per heavy atom. The van der Waals surface area contributed by atoms with Crippen LogP contribution in [0.15, 0.2) is 24.4 Å². The summed E-state index contributed by atoms with van der Waals surface area (Å²) >= 11 is 0. The molecule has 1 unspecified atom stereocenters. The van der Waals surface area contributed by atoms with Crippen LogP contribution < -0.4 is 5.32 Å². The summed E-state index contributed by atoms with van der Waals surface area (Å²) in [5, 5.41) is 3.41. The molecule has 0 amide bonds. The van der Waals surface area contributed by atoms with Gasteiger partial charge in [-0.1, -0.05) is 25.0 Å². The maximum atomic E-state index is 4.07. The number of unbranched alkanes of at least 4 members (excludes halogenated alkanes) is 4. The SMILES string of the molecule is C=C(C)CCCCCCC(=C)NCCCCP. The van der Waals surface area contributed by atoms with Gasteiger partial charge in [0.25, 0.3) is 0 Å². The molecule has 2 heteroatoms. The molecule has 0 fully saturated rings. The maximum absolute atomic E-state index is 4.07. The summed E-state index contributed by atoms with van der Waals surface area (Å²) in [5.74, 6) is 0. The number of rotatable bonds is 12. The molecular weight excluding hydrogens is 225 g/mol. The van der Waals surface area contributed by atoms with Gasteiger partial charge in [-0.3, -0.25) is 0 Å². The van der Waals surface area contributed by atoms with Crippen molar-refractivity contribution < 1.29 is 0 Å². The van der Waals surface area contributed by atoms with Gasteiger partial charge in [0.05, 0.1) is 0 Å². The van der Waals surface area contributed by atoms with E-state index in [0.717, 1.165) is 13.0 Å². The second-order valence-corrected chi connectivity index (χ2v) is 5.47. The first-order valence-electron chi connectivity index (χ1n) is 6.93. The molecule has 0 aliphatic carbocycles. The fraction of sp³-hybridized carbons (Fsp3) is 0.733. The van der Waals surface area contributed by atoms with Gasteiger partial charge >= 0.3 is 0 Å². The van der Waals surface area contributed by atoms with E-state index < -0.39 is 0 Å². The first kappa shape index (κ1) is 16.7. The molecule has 17 heavy (non-hydrogen) atoms. The van der Waals surface area contributed by atoms with E-state index >= 15 is 0 Å². The topological polar surface area (TPSA) is 12.0 Å². The van der Waals surface area contributed by atoms with Crippen molar-refractivity contribution in [2.24, 2.45) is 0 Å². The van der Waals surface area contributed by atoms with E-state index in [2.05, 4.69) is 34.6 Å². The minimum atomic E-state index is 1.09. The predicted molar refractivity (Wildman–Crippen MR) is 83.5 cm³/mol. The summed E-state index contributed by atoms with van der Waals surface area (Å²) in [5.41, 5.74) is 2.53. The molecule has 0 aromatic heterocycles. The fourth-order valence-corrected chi connectivity index (χ4v) is 2.03. The molecule has 0 aromatic rings. The molecule has 0 aromatic carbocycles. The van der Waals surface area contributed by atoms with E-state index in [1.165, 1.54) is 62.4 Å². The zero-order chi connectivity index (χ0) is 12.9. The monoisotopic (exact) mass is 255 g/mol. The van der Waals surface area contributed by atoms with Gasteiger partial charge in [0.2, 0.25) is 0 Å². The van der Waals surface area contributed by atoms with Crippen molar-refractivity contribution in [1.82, 2.24) is 5.32 Å². The number of nitrogens with one attached hydrogen (secondary N) is 1. The highest BCUT2D eigenvalue weighted by atomic mass is 31.0. The summed E-state index contributed by atoms with van der Waals surface area (Å²) in [7, 11) is 2.77. The minimum absolute atomic E-state index is 1.09. The molecule has 0 aliphatic rings. The lowest BCUT2D eigenvalue weighted by molar-refractivity contribution is 0.613. The molecule has 0 aliphatic heterocycles. The number of allylic oxidation sites excluding steroid dienone is 2. The smallest absolute Gasteiger partial charge is 0.0143 e. The zero-order valence-corrected chi connectivity index (χ0v) is 12.7. The largest absolute Gasteiger partial charge is 0.389 e. The summed E-state index contributed by atoms with van der Waals surface area (Å²) < 4.78 is 0. The minimum Gasteiger partial charge on any atom is -0.389 e. The molecule has 0 saturated heterocycles. The van der Waals surface area contributed by atoms with E-state index in [1.54, 1.807) is 0 Å². The van der Waals surface area contributed by atoms with Crippen molar-refractivity contribution in [1.29, 1.82) is 0 Å². The van der Waals surface area contributed by atoms with Crippen LogP contribution >= 0.6 is 9.24 Å². The van der Waals surface area contributed by atoms with Crippen LogP contribution in [0.25, 0.3) is 0 Å². The van der Waals surface area contributed by atoms with Crippen LogP contribution in [0.1, 0.15) is 58.3 Å². The molecule has 1 nitrogen and oxygen atoms in total. The van der Waals surface area contributed by atoms with E-state index in [0.29, 0.717) is 0 Å². The zero-order valence-electron chi connectivity index (χ0n) is 11.6. The molecule has 1 atom stereocenters. The van der Waals surface area contributed by atoms with Gasteiger partial charge < -0.3 is 5.32 Å². The summed E-state index contributed by atoms with van der Waals surface area (Å²) in [6.07, 6.45) is 11.3. The maximum Gasteiger partial charge on any atom is 0.0143 e. The van der Waals surface area contributed by atoms with Crippen LogP contribution in [0.5, 0.6) is 0 Å². The lowest BCUT2D eigenvalue weighted by Crippen LogP contribution is -2.13. The van der Waals surface area contributed by atoms with E-state index in [4.69, 9.17) is 0 Å². The Morgan fingerprint density at radius 1 is 0.941 bits per heavy atom. The Balaban J connectivity index is 3.19. The van der Waals surface area contributed by atoms with Gasteiger partial charge in [-0.2, -0.15) is 0 Å². The predicted octanol–water partition coefficient (Wildman–Crippen LogP) is 4.66. The molecule has 100 valence electrons. The molecule has 1 N–H and O–H groups in total. The standard InChI is InChI=1S/C15H30NP/c1-14(2)10-6-4-5-7-11-15(3)16-12-8-9-13-17/h16H,1,3-13,17H2,2H3. The normalized spacial score (nSPS) is 10.2. The summed E-state index contributed by atoms with van der Waals surface area (Å²) in [4.78, 5) is 0. The highest BCUT2D eigenvalue weighted by molar-refractivity contribution is 7.16. The average molecular weight is 255 g/mol. The van der Waals surface area contributed by atoms with Crippen LogP contribution in [0.4, 0.5) is 0 Å². The van der Waals surface area contributed by atoms with Crippen LogP contribution in [-0.2, 0) is 0 Å². The van der Waals surface area contributed by atoms with Gasteiger partial charge in [-0.05, 0) is 51.6 Å². The number of hydrogen-bond donors (Lipinski definition) is 1. The van der Waals surface area contributed by atoms with Crippen molar-refractivity contribution in [3.05, 3.63) is 24.4 Å². The lowest BCUT2D eigenvalue weighted by Gasteiger charge is -2.09. The third-order valence-corrected chi connectivity index (χ3v) is 3.25. The molecule has 0 heterocycles. The molecular formula is C15H30NP.